The van der Waals surface area contributed by atoms with E-state index in [1.54, 1.807) is 0 Å². The van der Waals surface area contributed by atoms with E-state index in [9.17, 15) is 9.59 Å². The number of rotatable bonds is 5. The lowest BCUT2D eigenvalue weighted by Crippen LogP contribution is -2.30. The van der Waals surface area contributed by atoms with Gasteiger partial charge >= 0.3 is 0 Å². The van der Waals surface area contributed by atoms with Crippen molar-refractivity contribution in [2.24, 2.45) is 0 Å². The largest absolute Gasteiger partial charge is 0.493 e. The Morgan fingerprint density at radius 2 is 2.28 bits per heavy atom. The Balaban J connectivity index is 1.83. The van der Waals surface area contributed by atoms with Crippen molar-refractivity contribution in [3.63, 3.8) is 0 Å². The fourth-order valence-corrected chi connectivity index (χ4v) is 3.44. The Morgan fingerprint density at radius 1 is 1.44 bits per heavy atom. The molecule has 0 radical (unpaired) electrons. The Labute approximate surface area is 149 Å². The van der Waals surface area contributed by atoms with Gasteiger partial charge in [-0.2, -0.15) is 0 Å². The third-order valence-corrected chi connectivity index (χ3v) is 4.51. The predicted octanol–water partition coefficient (Wildman–Crippen LogP) is 2.35. The van der Waals surface area contributed by atoms with E-state index < -0.39 is 0 Å². The normalized spacial score (nSPS) is 15.8. The molecule has 1 aromatic carbocycles. The first-order chi connectivity index (χ1) is 12.1. The van der Waals surface area contributed by atoms with Gasteiger partial charge in [0.1, 0.15) is 12.4 Å². The van der Waals surface area contributed by atoms with E-state index in [0.717, 1.165) is 29.0 Å². The molecule has 1 aromatic heterocycles. The SMILES string of the molecule is COCC(=O)Nc1nc(-c2ccc3c(c2)C(NC(C)=O)CCO3)cs1. The molecule has 25 heavy (non-hydrogen) atoms. The fourth-order valence-electron chi connectivity index (χ4n) is 2.70. The van der Waals surface area contributed by atoms with Crippen LogP contribution in [-0.4, -0.2) is 37.1 Å². The molecule has 2 amide bonds. The van der Waals surface area contributed by atoms with Crippen LogP contribution in [-0.2, 0) is 14.3 Å². The van der Waals surface area contributed by atoms with E-state index >= 15 is 0 Å². The summed E-state index contributed by atoms with van der Waals surface area (Å²) in [5.74, 6) is 0.464. The third kappa shape index (κ3) is 4.15. The molecular formula is C17H19N3O4S. The van der Waals surface area contributed by atoms with Crippen LogP contribution in [0.4, 0.5) is 5.13 Å². The van der Waals surface area contributed by atoms with Crippen molar-refractivity contribution < 1.29 is 19.1 Å². The van der Waals surface area contributed by atoms with Crippen LogP contribution in [0.2, 0.25) is 0 Å². The van der Waals surface area contributed by atoms with Gasteiger partial charge in [-0.25, -0.2) is 4.98 Å². The van der Waals surface area contributed by atoms with Crippen molar-refractivity contribution in [3.05, 3.63) is 29.1 Å². The van der Waals surface area contributed by atoms with Crippen LogP contribution >= 0.6 is 11.3 Å². The second-order valence-electron chi connectivity index (χ2n) is 5.66. The molecule has 0 bridgehead atoms. The minimum Gasteiger partial charge on any atom is -0.493 e. The van der Waals surface area contributed by atoms with E-state index in [2.05, 4.69) is 15.6 Å². The van der Waals surface area contributed by atoms with Gasteiger partial charge in [-0.3, -0.25) is 14.9 Å². The average Bonchev–Trinajstić information content (AvgIpc) is 3.03. The number of nitrogens with one attached hydrogen (secondary N) is 2. The number of nitrogens with zero attached hydrogens (tertiary/aromatic N) is 1. The first-order valence-corrected chi connectivity index (χ1v) is 8.73. The number of fused-ring (bicyclic) bond motifs is 1. The first-order valence-electron chi connectivity index (χ1n) is 7.85. The van der Waals surface area contributed by atoms with Crippen LogP contribution in [0, 0.1) is 0 Å². The Bertz CT molecular complexity index is 790. The summed E-state index contributed by atoms with van der Waals surface area (Å²) in [7, 11) is 1.47. The summed E-state index contributed by atoms with van der Waals surface area (Å²) in [5.41, 5.74) is 2.60. The van der Waals surface area contributed by atoms with Crippen LogP contribution < -0.4 is 15.4 Å². The molecule has 7 nitrogen and oxygen atoms in total. The van der Waals surface area contributed by atoms with E-state index in [0.29, 0.717) is 11.7 Å². The van der Waals surface area contributed by atoms with Gasteiger partial charge in [-0.1, -0.05) is 0 Å². The number of benzene rings is 1. The van der Waals surface area contributed by atoms with E-state index in [-0.39, 0.29) is 24.5 Å². The minimum absolute atomic E-state index is 0.0104. The average molecular weight is 361 g/mol. The minimum atomic E-state index is -0.243. The molecule has 2 N–H and O–H groups in total. The molecule has 132 valence electrons. The van der Waals surface area contributed by atoms with Gasteiger partial charge in [0.25, 0.3) is 5.91 Å². The molecule has 0 saturated carbocycles. The maximum Gasteiger partial charge on any atom is 0.252 e. The highest BCUT2D eigenvalue weighted by Gasteiger charge is 2.23. The standard InChI is InChI=1S/C17H19N3O4S/c1-10(21)18-13-5-6-24-15-4-3-11(7-12(13)15)14-9-25-17(19-14)20-16(22)8-23-2/h3-4,7,9,13H,5-6,8H2,1-2H3,(H,18,21)(H,19,20,22). The predicted molar refractivity (Wildman–Crippen MR) is 94.7 cm³/mol. The Hall–Kier alpha value is -2.45. The number of carbonyl (C=O) groups excluding carboxylic acids is 2. The van der Waals surface area contributed by atoms with Crippen molar-refractivity contribution in [1.29, 1.82) is 0 Å². The number of anilines is 1. The quantitative estimate of drug-likeness (QED) is 0.853. The zero-order valence-electron chi connectivity index (χ0n) is 14.0. The topological polar surface area (TPSA) is 89.5 Å². The van der Waals surface area contributed by atoms with Crippen molar-refractivity contribution in [2.45, 2.75) is 19.4 Å². The molecule has 2 heterocycles. The highest BCUT2D eigenvalue weighted by Crippen LogP contribution is 2.36. The lowest BCUT2D eigenvalue weighted by molar-refractivity contribution is -0.120. The van der Waals surface area contributed by atoms with E-state index in [4.69, 9.17) is 9.47 Å². The molecule has 8 heteroatoms. The zero-order valence-corrected chi connectivity index (χ0v) is 14.8. The molecule has 3 rings (SSSR count). The van der Waals surface area contributed by atoms with Gasteiger partial charge in [-0.15, -0.1) is 11.3 Å². The molecule has 2 aromatic rings. The third-order valence-electron chi connectivity index (χ3n) is 3.75. The molecule has 1 unspecified atom stereocenters. The summed E-state index contributed by atoms with van der Waals surface area (Å²) in [5, 5.41) is 8.04. The molecule has 1 atom stereocenters. The number of ether oxygens (including phenoxy) is 2. The van der Waals surface area contributed by atoms with Crippen LogP contribution in [0.5, 0.6) is 5.75 Å². The van der Waals surface area contributed by atoms with Gasteiger partial charge in [0.15, 0.2) is 5.13 Å². The molecule has 0 spiro atoms. The first kappa shape index (κ1) is 17.4. The number of methoxy groups -OCH3 is 1. The van der Waals surface area contributed by atoms with Crippen LogP contribution in [0.1, 0.15) is 24.9 Å². The van der Waals surface area contributed by atoms with Gasteiger partial charge in [-0.05, 0) is 18.2 Å². The Kier molecular flexibility index (Phi) is 5.30. The molecule has 1 aliphatic rings. The number of hydrogen-bond donors (Lipinski definition) is 2. The molecule has 0 saturated heterocycles. The summed E-state index contributed by atoms with van der Waals surface area (Å²) >= 11 is 1.35. The number of carbonyl (C=O) groups is 2. The smallest absolute Gasteiger partial charge is 0.252 e. The van der Waals surface area contributed by atoms with Crippen LogP contribution in [0.15, 0.2) is 23.6 Å². The van der Waals surface area contributed by atoms with Crippen molar-refractivity contribution in [1.82, 2.24) is 10.3 Å². The van der Waals surface area contributed by atoms with Crippen molar-refractivity contribution in [2.75, 3.05) is 25.6 Å². The summed E-state index contributed by atoms with van der Waals surface area (Å²) < 4.78 is 10.5. The van der Waals surface area contributed by atoms with Gasteiger partial charge in [0, 0.05) is 37.0 Å². The summed E-state index contributed by atoms with van der Waals surface area (Å²) in [6, 6.07) is 5.72. The highest BCUT2D eigenvalue weighted by molar-refractivity contribution is 7.14. The van der Waals surface area contributed by atoms with Crippen molar-refractivity contribution >= 4 is 28.3 Å². The molecule has 1 aliphatic heterocycles. The zero-order chi connectivity index (χ0) is 17.8. The monoisotopic (exact) mass is 361 g/mol. The van der Waals surface area contributed by atoms with Crippen LogP contribution in [0.3, 0.4) is 0 Å². The number of aromatic nitrogens is 1. The number of amides is 2. The maximum absolute atomic E-state index is 11.6. The van der Waals surface area contributed by atoms with E-state index in [1.165, 1.54) is 25.4 Å². The van der Waals surface area contributed by atoms with Gasteiger partial charge in [0.2, 0.25) is 5.91 Å². The Morgan fingerprint density at radius 3 is 3.04 bits per heavy atom. The maximum atomic E-state index is 11.6. The van der Waals surface area contributed by atoms with Gasteiger partial charge in [0.05, 0.1) is 18.3 Å². The highest BCUT2D eigenvalue weighted by atomic mass is 32.1. The summed E-state index contributed by atoms with van der Waals surface area (Å²) in [4.78, 5) is 27.4. The summed E-state index contributed by atoms with van der Waals surface area (Å²) in [6.07, 6.45) is 0.728. The number of hydrogen-bond acceptors (Lipinski definition) is 6. The van der Waals surface area contributed by atoms with Crippen LogP contribution in [0.25, 0.3) is 11.3 Å². The molecule has 0 fully saturated rings. The lowest BCUT2D eigenvalue weighted by Gasteiger charge is -2.26. The second kappa shape index (κ2) is 7.62. The van der Waals surface area contributed by atoms with E-state index in [1.807, 2.05) is 23.6 Å². The number of thiazole rings is 1. The molecule has 0 aliphatic carbocycles. The lowest BCUT2D eigenvalue weighted by atomic mass is 9.97. The van der Waals surface area contributed by atoms with Gasteiger partial charge < -0.3 is 14.8 Å². The summed E-state index contributed by atoms with van der Waals surface area (Å²) in [6.45, 7) is 2.07. The van der Waals surface area contributed by atoms with Crippen molar-refractivity contribution in [3.8, 4) is 17.0 Å². The second-order valence-corrected chi connectivity index (χ2v) is 6.52. The molecular weight excluding hydrogens is 342 g/mol. The fraction of sp³-hybridized carbons (Fsp3) is 0.353.